The zero-order valence-electron chi connectivity index (χ0n) is 78.9. The summed E-state index contributed by atoms with van der Waals surface area (Å²) in [6.07, 6.45) is 22.9. The van der Waals surface area contributed by atoms with Crippen molar-refractivity contribution in [2.75, 3.05) is 135 Å². The summed E-state index contributed by atoms with van der Waals surface area (Å²) in [4.78, 5) is 239. The van der Waals surface area contributed by atoms with Gasteiger partial charge in [-0.2, -0.15) is 97.6 Å². The van der Waals surface area contributed by atoms with E-state index in [9.17, 15) is 91.1 Å². The molecule has 1 heterocycles. The van der Waals surface area contributed by atoms with Crippen molar-refractivity contribution >= 4 is 210 Å². The monoisotopic (exact) mass is 2130 g/mol. The Labute approximate surface area is 833 Å². The summed E-state index contributed by atoms with van der Waals surface area (Å²) in [5.74, 6) is -2.76. The second-order valence-electron chi connectivity index (χ2n) is 30.5. The first-order valence-corrected chi connectivity index (χ1v) is 55.3. The molecule has 1 aliphatic rings. The zero-order valence-corrected chi connectivity index (χ0v) is 86.9. The van der Waals surface area contributed by atoms with Crippen LogP contribution in [0.2, 0.25) is 0 Å². The maximum atomic E-state index is 13.8. The molecule has 0 aromatic rings. The Morgan fingerprint density at radius 2 is 0.538 bits per heavy atom. The van der Waals surface area contributed by atoms with E-state index in [2.05, 4.69) is 125 Å². The number of thiol groups is 4. The van der Waals surface area contributed by atoms with E-state index in [1.807, 2.05) is 30.0 Å². The molecule has 0 aromatic carbocycles. The summed E-state index contributed by atoms with van der Waals surface area (Å²) in [6, 6.07) is -7.68. The van der Waals surface area contributed by atoms with Crippen LogP contribution in [0.3, 0.4) is 0 Å². The van der Waals surface area contributed by atoms with Crippen LogP contribution in [0.4, 0.5) is 0 Å². The minimum absolute atomic E-state index is 0.0209. The Morgan fingerprint density at radius 3 is 0.788 bits per heavy atom. The molecule has 8 unspecified atom stereocenters. The van der Waals surface area contributed by atoms with E-state index < -0.39 is 89.7 Å². The van der Waals surface area contributed by atoms with Gasteiger partial charge in [0.25, 0.3) is 11.8 Å². The molecule has 760 valence electrons. The van der Waals surface area contributed by atoms with Gasteiger partial charge in [-0.25, -0.2) is 0 Å². The Bertz CT molecular complexity index is 3440. The number of nitrogens with two attached hydrogens (primary N) is 4. The second-order valence-corrected chi connectivity index (χ2v) is 36.3. The number of nitrogens with zero attached hydrogens (tertiary/aromatic N) is 1. The van der Waals surface area contributed by atoms with Crippen LogP contribution in [-0.2, 0) is 91.1 Å². The Hall–Kier alpha value is -6.48. The van der Waals surface area contributed by atoms with Crippen molar-refractivity contribution in [2.24, 2.45) is 22.9 Å². The van der Waals surface area contributed by atoms with Gasteiger partial charge in [0.2, 0.25) is 94.5 Å². The van der Waals surface area contributed by atoms with Gasteiger partial charge >= 0.3 is 27.9 Å². The topological polar surface area (TPSA) is 600 Å². The van der Waals surface area contributed by atoms with Crippen molar-refractivity contribution in [1.82, 2.24) is 79.3 Å². The van der Waals surface area contributed by atoms with Gasteiger partial charge in [-0.3, -0.25) is 96.0 Å². The van der Waals surface area contributed by atoms with Crippen LogP contribution in [-0.4, -0.2) is 301 Å². The molecule has 1 rings (SSSR count). The molecule has 38 nitrogen and oxygen atoms in total. The fourth-order valence-corrected chi connectivity index (χ4v) is 14.6. The summed E-state index contributed by atoms with van der Waals surface area (Å²) in [7, 11) is 0. The van der Waals surface area contributed by atoms with Gasteiger partial charge in [-0.1, -0.05) is 0 Å². The SMILES string of the molecule is CC(=O)CCN1C(=O)C=CC1=O.CSCCC(=O)NCCCCC(NC(=O)CCSC)C(=O)NCCCCC(NC(=O)C(CCCCNC(=O)CCSC)NC(=O)CCSC)C(=O)NC(CCCCN)C(N)=O.NCCCCC(NC(=O)C(CCCCNC(=O)C(CCCCNC(=O)CCS)NC(=O)CCS)NC(=O)C(CCCCNC(=O)CCS)NC(=O)CCS)C(N)=O.[2H][I-]C. The summed E-state index contributed by atoms with van der Waals surface area (Å²) in [5.41, 5.74) is 22.4. The number of carbonyl (C=O) groups excluding carboxylic acids is 19. The number of carbonyl (C=O) groups is 19. The number of ketones is 1. The predicted molar refractivity (Wildman–Crippen MR) is 535 cm³/mol. The summed E-state index contributed by atoms with van der Waals surface area (Å²) in [5, 5.41) is 39.0. The number of alkyl halides is 1. The van der Waals surface area contributed by atoms with Crippen molar-refractivity contribution in [3.8, 4) is 0 Å². The van der Waals surface area contributed by atoms with Crippen molar-refractivity contribution in [3.05, 3.63) is 12.2 Å². The number of primary amides is 2. The number of thioether (sulfide) groups is 4. The van der Waals surface area contributed by atoms with E-state index >= 15 is 0 Å². The number of Topliss-reactive ketones (excluding diaryl/α,β-unsaturated/α-hetero) is 1. The first kappa shape index (κ1) is 128. The number of imide groups is 1. The molecule has 0 radical (unpaired) electrons. The third-order valence-corrected chi connectivity index (χ3v) is 22.9. The summed E-state index contributed by atoms with van der Waals surface area (Å²) < 4.78 is 6.32. The average molecular weight is 2130 g/mol. The van der Waals surface area contributed by atoms with E-state index in [0.717, 1.165) is 16.4 Å². The van der Waals surface area contributed by atoms with Crippen LogP contribution >= 0.6 is 97.6 Å². The minimum atomic E-state index is -1.11. The quantitative estimate of drug-likeness (QED) is 0.0102. The van der Waals surface area contributed by atoms with Crippen LogP contribution in [0.1, 0.15) is 219 Å². The molecule has 132 heavy (non-hydrogen) atoms. The molecule has 8 atom stereocenters. The fraction of sp³-hybridized carbons (Fsp3) is 0.753. The average Bonchev–Trinajstić information content (AvgIpc) is 1.83. The van der Waals surface area contributed by atoms with E-state index in [0.29, 0.717) is 203 Å². The van der Waals surface area contributed by atoms with Gasteiger partial charge in [0.05, 0.1) is 0 Å². The molecular weight excluding hydrogens is 1970 g/mol. The Balaban J connectivity index is -0.00000219. The van der Waals surface area contributed by atoms with Crippen molar-refractivity contribution in [3.63, 3.8) is 0 Å². The van der Waals surface area contributed by atoms with Crippen LogP contribution in [0.5, 0.6) is 0 Å². The standard InChI is InChI=1S/C40H75N9O8S4.C36H67N9O8S4.C8H9NO3.CH4I/c1-58-25-17-33(50)43-22-10-6-14-30(46-35(52)19-27-60-3)38(55)45-24-12-8-16-32(40(57)48-29(37(42)54)13-5-9-21-41)49-39(56)31(47-36(53)20-28-61-4)15-7-11-23-44-34(51)18-26-59-2;37-17-5-1-9-25(33(38)50)44-36(53)28(45-35(52)27(43-32(49)16-24-57)11-3-7-19-40-30(47)14-22-55)12-4-8-20-41-34(51)26(42-31(48)15-23-56)10-2-6-18-39-29(46)13-21-54;1-6(10)4-5-9-7(11)2-3-8(9)12;1-2/h29-32H,5-28,41H2,1-4H3,(H2,42,54)(H,43,50)(H,44,51)(H,45,55)(H,46,52)(H,47,53)(H,48,57)(H,49,56);25-28,54-57H,1-24,37H2,(H2,38,50)(H,39,46)(H,40,47)(H,41,51)(H,42,48)(H,43,49)(H,44,53)(H,45,52);2-3H,4-5H2,1H3;2H,1H3/q;;;-1/i;;;2D. The molecule has 22 N–H and O–H groups in total. The van der Waals surface area contributed by atoms with E-state index in [1.165, 1.54) is 42.6 Å². The van der Waals surface area contributed by atoms with Gasteiger partial charge < -0.3 is 97.4 Å². The normalized spacial score (nSPS) is 13.2. The first-order chi connectivity index (χ1) is 63.7. The molecule has 0 saturated carbocycles. The fourth-order valence-electron chi connectivity index (χ4n) is 12.2. The molecule has 0 saturated heterocycles. The number of unbranched alkanes of at least 4 members (excludes halogenated alkanes) is 8. The van der Waals surface area contributed by atoms with Crippen molar-refractivity contribution < 1.29 is 113 Å². The molecule has 0 spiro atoms. The zero-order chi connectivity index (χ0) is 100. The number of hydrogen-bond acceptors (Lipinski definition) is 29. The van der Waals surface area contributed by atoms with E-state index in [-0.39, 0.29) is 196 Å². The number of nitrogens with one attached hydrogen (secondary N) is 14. The second kappa shape index (κ2) is 87.3. The Morgan fingerprint density at radius 1 is 0.326 bits per heavy atom. The van der Waals surface area contributed by atoms with Crippen molar-refractivity contribution in [1.29, 1.82) is 0.594 Å². The number of hydrogen-bond donors (Lipinski definition) is 22. The molecule has 18 amide bonds. The van der Waals surface area contributed by atoms with Crippen LogP contribution in [0, 0.1) is 0 Å². The van der Waals surface area contributed by atoms with Gasteiger partial charge in [-0.15, -0.1) is 0 Å². The van der Waals surface area contributed by atoms with Gasteiger partial charge in [0.1, 0.15) is 54.1 Å². The van der Waals surface area contributed by atoms with Gasteiger partial charge in [0, 0.05) is 139 Å². The number of amides is 18. The van der Waals surface area contributed by atoms with Crippen molar-refractivity contribution in [2.45, 2.75) is 267 Å². The first-order valence-electron chi connectivity index (χ1n) is 45.4. The predicted octanol–water partition coefficient (Wildman–Crippen LogP) is -2.12. The molecular formula is C85H155IN19O19S8-. The molecule has 0 aliphatic carbocycles. The summed E-state index contributed by atoms with van der Waals surface area (Å²) >= 11 is 22.3. The number of halogens is 1. The van der Waals surface area contributed by atoms with Crippen LogP contribution in [0.25, 0.3) is 0 Å². The third-order valence-electron chi connectivity index (χ3n) is 19.6. The number of rotatable bonds is 77. The molecule has 0 fully saturated rings. The van der Waals surface area contributed by atoms with Gasteiger partial charge in [-0.05, 0) is 222 Å². The van der Waals surface area contributed by atoms with Crippen LogP contribution in [0.15, 0.2) is 12.2 Å². The summed E-state index contributed by atoms with van der Waals surface area (Å²) in [6.45, 7) is 4.58. The Kier molecular flexibility index (Phi) is 84.4. The molecule has 47 heteroatoms. The van der Waals surface area contributed by atoms with Crippen LogP contribution < -0.4 is 120 Å². The van der Waals surface area contributed by atoms with E-state index in [1.54, 1.807) is 23.5 Å². The maximum absolute atomic E-state index is 13.8. The molecule has 1 aliphatic heterocycles. The van der Waals surface area contributed by atoms with E-state index in [4.69, 9.17) is 23.5 Å². The molecule has 0 bridgehead atoms. The third kappa shape index (κ3) is 71.1. The van der Waals surface area contributed by atoms with Gasteiger partial charge in [0.15, 0.2) is 0 Å². The molecule has 0 aromatic heterocycles.